The third kappa shape index (κ3) is 79.1. The summed E-state index contributed by atoms with van der Waals surface area (Å²) in [5.41, 5.74) is 0. The Labute approximate surface area is 792 Å². The summed E-state index contributed by atoms with van der Waals surface area (Å²) in [5, 5.41) is 228. The first kappa shape index (κ1) is 131. The van der Waals surface area contributed by atoms with Crippen molar-refractivity contribution in [1.82, 2.24) is 29.4 Å². The predicted octanol–water partition coefficient (Wildman–Crippen LogP) is -6.45. The standard InChI is InChI=1S/2C42H87N3O18.3ClH.Gd/c2*46-25-34(52)4-19-58-31-40(61-22-7-37(55)28-49)1-10-43-13-15-44(11-2-41(62-23-8-38(56)29-50)32-59-20-5-35(53)26-47)17-18-45(16-14-43)12-3-42(63-24-9-39(57)30-51)33-60-21-6-36(54)27-48;;;;/h2*34-42,46-57H,1-33H2;3*1H;/q;;;;;+3/p-3/t2*34-,35-,36-,37-,38-,39-,40-,41-,42-;;;;/m11..../s1. The molecular weight excluding hydrogens is 1930 g/mol. The Morgan fingerprint density at radius 3 is 0.377 bits per heavy atom. The van der Waals surface area contributed by atoms with E-state index in [2.05, 4.69) is 29.4 Å². The van der Waals surface area contributed by atoms with E-state index >= 15 is 0 Å². The topological polar surface area (TPSA) is 616 Å². The number of halogens is 3. The van der Waals surface area contributed by atoms with Gasteiger partial charge in [-0.1, -0.05) is 0 Å². The third-order valence-electron chi connectivity index (χ3n) is 21.8. The molecule has 42 nitrogen and oxygen atoms in total. The molecule has 0 amide bonds. The summed E-state index contributed by atoms with van der Waals surface area (Å²) in [5.74, 6) is 14.9. The molecule has 0 aromatic carbocycles. The maximum atomic E-state index is 9.88. The van der Waals surface area contributed by atoms with Gasteiger partial charge in [-0.2, -0.15) is 0 Å². The van der Waals surface area contributed by atoms with Gasteiger partial charge in [-0.3, -0.25) is 0 Å². The SMILES string of the molecule is OC[C@H](O)CCOC[C@@H](CCN1CCN(CC[C@H](COCC[C@@H](O)CO)OCC[C@@H](O)CO)CCN(CC[C@H](COCC[C@@H](O)CO)OCC[C@@H](O)CO)CC1)OCC[C@@H](O)CO.OC[C@H](O)CCOC[C@@H](CCN1CCN(CC[C@H](COCC[C@@H](O)CO)OCC[C@@H](O)CO)CCN(CC[C@H](COCC[C@@H](O)CO)OCC[C@@H](O)CO)CC1)OCC[C@@H](O)CO.[Cl][Gd]([Cl])[Cl]. The van der Waals surface area contributed by atoms with Crippen LogP contribution in [0.4, 0.5) is 0 Å². The normalized spacial score (nSPS) is 19.2. The van der Waals surface area contributed by atoms with Crippen molar-refractivity contribution in [3.63, 3.8) is 0 Å². The van der Waals surface area contributed by atoms with E-state index in [1.165, 1.54) is 0 Å². The monoisotopic (exact) mass is 2110 g/mol. The first-order valence-corrected chi connectivity index (χ1v) is 54.8. The van der Waals surface area contributed by atoms with Gasteiger partial charge in [0.05, 0.1) is 229 Å². The van der Waals surface area contributed by atoms with E-state index in [1.807, 2.05) is 0 Å². The van der Waals surface area contributed by atoms with Gasteiger partial charge in [0.15, 0.2) is 0 Å². The van der Waals surface area contributed by atoms with Crippen molar-refractivity contribution in [3.8, 4) is 0 Å². The number of ether oxygens (including phenoxy) is 12. The molecule has 0 radical (unpaired) electrons. The van der Waals surface area contributed by atoms with Crippen LogP contribution in [-0.2, 0) is 56.8 Å². The van der Waals surface area contributed by atoms with Crippen molar-refractivity contribution in [2.75, 3.05) is 316 Å². The Morgan fingerprint density at radius 1 is 0.177 bits per heavy atom. The molecule has 2 fully saturated rings. The van der Waals surface area contributed by atoms with Crippen LogP contribution in [0.2, 0.25) is 0 Å². The van der Waals surface area contributed by atoms with Crippen LogP contribution < -0.4 is 0 Å². The van der Waals surface area contributed by atoms with Gasteiger partial charge in [-0.15, -0.1) is 0 Å². The Morgan fingerprint density at radius 2 is 0.277 bits per heavy atom. The van der Waals surface area contributed by atoms with Gasteiger partial charge in [0.2, 0.25) is 0 Å². The summed E-state index contributed by atoms with van der Waals surface area (Å²) >= 11 is -1.98. The van der Waals surface area contributed by atoms with Crippen molar-refractivity contribution in [2.45, 2.75) is 225 Å². The second-order valence-electron chi connectivity index (χ2n) is 32.8. The van der Waals surface area contributed by atoms with Crippen molar-refractivity contribution in [1.29, 1.82) is 0 Å². The molecule has 2 saturated heterocycles. The Kier molecular flexibility index (Phi) is 91.1. The molecule has 18 atom stereocenters. The van der Waals surface area contributed by atoms with Crippen molar-refractivity contribution in [2.24, 2.45) is 0 Å². The molecule has 46 heteroatoms. The van der Waals surface area contributed by atoms with E-state index in [-0.39, 0.29) is 312 Å². The van der Waals surface area contributed by atoms with Crippen molar-refractivity contribution < 1.29 is 209 Å². The molecule has 0 saturated carbocycles. The van der Waals surface area contributed by atoms with E-state index in [0.29, 0.717) is 77.8 Å². The first-order valence-electron chi connectivity index (χ1n) is 46.3. The van der Waals surface area contributed by atoms with Crippen LogP contribution in [0.5, 0.6) is 0 Å². The molecule has 0 spiro atoms. The molecule has 130 heavy (non-hydrogen) atoms. The Bertz CT molecular complexity index is 1970. The second-order valence-corrected chi connectivity index (χ2v) is 42.8. The third-order valence-corrected chi connectivity index (χ3v) is 21.8. The van der Waals surface area contributed by atoms with E-state index in [9.17, 15) is 123 Å². The summed E-state index contributed by atoms with van der Waals surface area (Å²) in [7, 11) is 0. The maximum absolute atomic E-state index is 9.88. The van der Waals surface area contributed by atoms with Crippen LogP contribution in [-0.4, -0.2) is 578 Å². The molecule has 24 N–H and O–H groups in total. The molecule has 0 aromatic rings. The van der Waals surface area contributed by atoms with Gasteiger partial charge in [-0.25, -0.2) is 0 Å². The molecule has 2 heterocycles. The number of aliphatic hydroxyl groups excluding tert-OH is 24. The Balaban J connectivity index is 0.00000246. The molecule has 2 aliphatic heterocycles. The average Bonchev–Trinajstić information content (AvgIpc) is 1.78. The van der Waals surface area contributed by atoms with Crippen LogP contribution >= 0.6 is 17.9 Å². The fourth-order valence-corrected chi connectivity index (χ4v) is 12.9. The summed E-state index contributed by atoms with van der Waals surface area (Å²) in [4.78, 5) is 14.2. The fourth-order valence-electron chi connectivity index (χ4n) is 12.9. The zero-order chi connectivity index (χ0) is 96.6. The van der Waals surface area contributed by atoms with Crippen LogP contribution in [0.1, 0.15) is 116 Å². The van der Waals surface area contributed by atoms with Gasteiger partial charge in [-0.05, 0) is 116 Å². The first-order chi connectivity index (χ1) is 62.6. The summed E-state index contributed by atoms with van der Waals surface area (Å²) in [6, 6.07) is 0. The summed E-state index contributed by atoms with van der Waals surface area (Å²) in [6.45, 7) is 12.7. The molecule has 0 aromatic heterocycles. The van der Waals surface area contributed by atoms with Gasteiger partial charge in [0.1, 0.15) is 0 Å². The van der Waals surface area contributed by atoms with Crippen LogP contribution in [0.3, 0.4) is 0 Å². The number of rotatable bonds is 84. The molecule has 2 rings (SSSR count). The zero-order valence-corrected chi connectivity index (χ0v) is 81.4. The van der Waals surface area contributed by atoms with Crippen LogP contribution in [0.25, 0.3) is 0 Å². The van der Waals surface area contributed by atoms with Crippen molar-refractivity contribution >= 4 is 17.9 Å². The minimum absolute atomic E-state index is 0.221. The number of hydrogen-bond acceptors (Lipinski definition) is 42. The molecule has 785 valence electrons. The quantitative estimate of drug-likeness (QED) is 0.0252. The molecule has 2 aliphatic rings. The minimum atomic E-state index is -1.98. The van der Waals surface area contributed by atoms with Crippen molar-refractivity contribution in [3.05, 3.63) is 0 Å². The zero-order valence-electron chi connectivity index (χ0n) is 76.9. The molecular formula is C84H174Cl3GdN6O36. The van der Waals surface area contributed by atoms with E-state index < -0.39 is 102 Å². The van der Waals surface area contributed by atoms with Gasteiger partial charge in [0, 0.05) is 197 Å². The number of nitrogens with zero attached hydrogens (tertiary/aromatic N) is 6. The van der Waals surface area contributed by atoms with E-state index in [1.54, 1.807) is 0 Å². The van der Waals surface area contributed by atoms with Gasteiger partial charge >= 0.3 is 47.1 Å². The number of hydrogen-bond donors (Lipinski definition) is 24. The van der Waals surface area contributed by atoms with Crippen LogP contribution in [0, 0.1) is 29.2 Å². The number of aliphatic hydroxyl groups is 24. The van der Waals surface area contributed by atoms with Gasteiger partial charge < -0.3 is 209 Å². The van der Waals surface area contributed by atoms with E-state index in [4.69, 9.17) is 74.8 Å². The molecule has 0 unspecified atom stereocenters. The summed E-state index contributed by atoms with van der Waals surface area (Å²) < 4.78 is 71.5. The van der Waals surface area contributed by atoms with Crippen LogP contribution in [0.15, 0.2) is 0 Å². The Hall–Kier alpha value is 0.515. The van der Waals surface area contributed by atoms with Gasteiger partial charge in [0.25, 0.3) is 0 Å². The molecule has 0 bridgehead atoms. The summed E-state index contributed by atoms with van der Waals surface area (Å²) in [6.07, 6.45) is -5.80. The predicted molar refractivity (Wildman–Crippen MR) is 480 cm³/mol. The average molecular weight is 2110 g/mol. The fraction of sp³-hybridized carbons (Fsp3) is 1.00. The second kappa shape index (κ2) is 90.8. The van der Waals surface area contributed by atoms with E-state index in [0.717, 1.165) is 78.5 Å². The molecule has 0 aliphatic carbocycles.